The standard InChI is InChI=1S/C18H21NO2/c1-14(7-8-15-5-3-2-4-6-15)19-12-16-9-10-17-18(11-16)21-13-20-17/h2-6,9-11,14,19H,7-8,12-13H2,1H3. The minimum absolute atomic E-state index is 0.333. The highest BCUT2D eigenvalue weighted by Gasteiger charge is 2.13. The molecule has 3 rings (SSSR count). The fourth-order valence-electron chi connectivity index (χ4n) is 2.47. The van der Waals surface area contributed by atoms with E-state index in [0.29, 0.717) is 12.8 Å². The van der Waals surface area contributed by atoms with Gasteiger partial charge < -0.3 is 14.8 Å². The second-order valence-electron chi connectivity index (χ2n) is 5.49. The van der Waals surface area contributed by atoms with Crippen LogP contribution in [-0.4, -0.2) is 12.8 Å². The number of aryl methyl sites for hydroxylation is 1. The lowest BCUT2D eigenvalue weighted by molar-refractivity contribution is 0.174. The monoisotopic (exact) mass is 283 g/mol. The predicted molar refractivity (Wildman–Crippen MR) is 83.6 cm³/mol. The van der Waals surface area contributed by atoms with Crippen LogP contribution in [0.1, 0.15) is 24.5 Å². The normalized spacial score (nSPS) is 14.1. The highest BCUT2D eigenvalue weighted by atomic mass is 16.7. The highest BCUT2D eigenvalue weighted by molar-refractivity contribution is 5.44. The third-order valence-electron chi connectivity index (χ3n) is 3.80. The van der Waals surface area contributed by atoms with Crippen molar-refractivity contribution in [2.45, 2.75) is 32.4 Å². The van der Waals surface area contributed by atoms with Crippen LogP contribution in [0.5, 0.6) is 11.5 Å². The van der Waals surface area contributed by atoms with Crippen molar-refractivity contribution < 1.29 is 9.47 Å². The molecule has 0 fully saturated rings. The smallest absolute Gasteiger partial charge is 0.231 e. The molecular formula is C18H21NO2. The third-order valence-corrected chi connectivity index (χ3v) is 3.80. The molecule has 2 aromatic carbocycles. The van der Waals surface area contributed by atoms with Gasteiger partial charge in [0.05, 0.1) is 0 Å². The third kappa shape index (κ3) is 3.76. The minimum atomic E-state index is 0.333. The van der Waals surface area contributed by atoms with Crippen LogP contribution >= 0.6 is 0 Å². The van der Waals surface area contributed by atoms with Crippen LogP contribution < -0.4 is 14.8 Å². The van der Waals surface area contributed by atoms with Gasteiger partial charge in [-0.25, -0.2) is 0 Å². The molecule has 0 spiro atoms. The predicted octanol–water partition coefficient (Wildman–Crippen LogP) is 3.53. The van der Waals surface area contributed by atoms with Gasteiger partial charge in [0.15, 0.2) is 11.5 Å². The van der Waals surface area contributed by atoms with Crippen LogP contribution in [0, 0.1) is 0 Å². The number of hydrogen-bond donors (Lipinski definition) is 1. The Labute approximate surface area is 125 Å². The molecule has 0 amide bonds. The zero-order valence-electron chi connectivity index (χ0n) is 12.3. The van der Waals surface area contributed by atoms with Crippen molar-refractivity contribution in [3.8, 4) is 11.5 Å². The maximum absolute atomic E-state index is 5.40. The Morgan fingerprint density at radius 1 is 1.00 bits per heavy atom. The first-order valence-corrected chi connectivity index (χ1v) is 7.47. The van der Waals surface area contributed by atoms with Crippen molar-refractivity contribution >= 4 is 0 Å². The van der Waals surface area contributed by atoms with Crippen LogP contribution in [0.15, 0.2) is 48.5 Å². The fraction of sp³-hybridized carbons (Fsp3) is 0.333. The van der Waals surface area contributed by atoms with Gasteiger partial charge in [-0.2, -0.15) is 0 Å². The molecule has 0 bridgehead atoms. The van der Waals surface area contributed by atoms with Crippen LogP contribution in [0.4, 0.5) is 0 Å². The summed E-state index contributed by atoms with van der Waals surface area (Å²) in [6.07, 6.45) is 2.24. The molecule has 1 aliphatic heterocycles. The second-order valence-corrected chi connectivity index (χ2v) is 5.49. The van der Waals surface area contributed by atoms with Gasteiger partial charge in [-0.3, -0.25) is 0 Å². The molecule has 0 saturated carbocycles. The molecule has 0 saturated heterocycles. The maximum Gasteiger partial charge on any atom is 0.231 e. The first-order chi connectivity index (χ1) is 10.3. The van der Waals surface area contributed by atoms with Crippen molar-refractivity contribution in [2.75, 3.05) is 6.79 Å². The lowest BCUT2D eigenvalue weighted by atomic mass is 10.1. The zero-order chi connectivity index (χ0) is 14.5. The Bertz CT molecular complexity index is 583. The summed E-state index contributed by atoms with van der Waals surface area (Å²) in [5, 5.41) is 3.56. The van der Waals surface area contributed by atoms with Gasteiger partial charge in [0.1, 0.15) is 0 Å². The molecule has 1 aliphatic rings. The molecule has 2 aromatic rings. The second kappa shape index (κ2) is 6.64. The van der Waals surface area contributed by atoms with E-state index in [1.807, 2.05) is 6.07 Å². The summed E-state index contributed by atoms with van der Waals surface area (Å²) < 4.78 is 10.7. The molecule has 0 aromatic heterocycles. The summed E-state index contributed by atoms with van der Waals surface area (Å²) in [7, 11) is 0. The van der Waals surface area contributed by atoms with E-state index in [0.717, 1.165) is 30.9 Å². The molecule has 110 valence electrons. The lowest BCUT2D eigenvalue weighted by Gasteiger charge is -2.14. The number of ether oxygens (including phenoxy) is 2. The topological polar surface area (TPSA) is 30.5 Å². The van der Waals surface area contributed by atoms with Crippen molar-refractivity contribution in [2.24, 2.45) is 0 Å². The minimum Gasteiger partial charge on any atom is -0.454 e. The van der Waals surface area contributed by atoms with E-state index in [4.69, 9.17) is 9.47 Å². The van der Waals surface area contributed by atoms with Gasteiger partial charge in [0, 0.05) is 12.6 Å². The molecule has 3 heteroatoms. The Kier molecular flexibility index (Phi) is 4.41. The molecule has 3 nitrogen and oxygen atoms in total. The van der Waals surface area contributed by atoms with Crippen molar-refractivity contribution in [3.05, 3.63) is 59.7 Å². The van der Waals surface area contributed by atoms with Gasteiger partial charge in [0.2, 0.25) is 6.79 Å². The highest BCUT2D eigenvalue weighted by Crippen LogP contribution is 2.32. The number of benzene rings is 2. The van der Waals surface area contributed by atoms with Gasteiger partial charge in [-0.05, 0) is 43.0 Å². The average Bonchev–Trinajstić information content (AvgIpc) is 2.99. The Hall–Kier alpha value is -2.00. The number of rotatable bonds is 6. The van der Waals surface area contributed by atoms with Gasteiger partial charge in [0.25, 0.3) is 0 Å². The SMILES string of the molecule is CC(CCc1ccccc1)NCc1ccc2c(c1)OCO2. The molecule has 0 aliphatic carbocycles. The van der Waals surface area contributed by atoms with Crippen molar-refractivity contribution in [1.29, 1.82) is 0 Å². The van der Waals surface area contributed by atoms with E-state index >= 15 is 0 Å². The Balaban J connectivity index is 1.46. The zero-order valence-corrected chi connectivity index (χ0v) is 12.3. The van der Waals surface area contributed by atoms with Crippen molar-refractivity contribution in [3.63, 3.8) is 0 Å². The molecule has 1 atom stereocenters. The summed E-state index contributed by atoms with van der Waals surface area (Å²) >= 11 is 0. The summed E-state index contributed by atoms with van der Waals surface area (Å²) in [6, 6.07) is 17.2. The average molecular weight is 283 g/mol. The summed E-state index contributed by atoms with van der Waals surface area (Å²) in [4.78, 5) is 0. The van der Waals surface area contributed by atoms with Crippen LogP contribution in [0.3, 0.4) is 0 Å². The molecule has 21 heavy (non-hydrogen) atoms. The summed E-state index contributed by atoms with van der Waals surface area (Å²) in [6.45, 7) is 3.42. The van der Waals surface area contributed by atoms with Crippen LogP contribution in [0.2, 0.25) is 0 Å². The Morgan fingerprint density at radius 3 is 2.67 bits per heavy atom. The first kappa shape index (κ1) is 14.0. The van der Waals surface area contributed by atoms with E-state index in [-0.39, 0.29) is 0 Å². The maximum atomic E-state index is 5.40. The lowest BCUT2D eigenvalue weighted by Crippen LogP contribution is -2.25. The van der Waals surface area contributed by atoms with E-state index < -0.39 is 0 Å². The van der Waals surface area contributed by atoms with Gasteiger partial charge in [-0.15, -0.1) is 0 Å². The molecule has 1 unspecified atom stereocenters. The van der Waals surface area contributed by atoms with E-state index in [2.05, 4.69) is 54.7 Å². The van der Waals surface area contributed by atoms with E-state index in [9.17, 15) is 0 Å². The summed E-state index contributed by atoms with van der Waals surface area (Å²) in [5.41, 5.74) is 2.63. The molecular weight excluding hydrogens is 262 g/mol. The van der Waals surface area contributed by atoms with Crippen molar-refractivity contribution in [1.82, 2.24) is 5.32 Å². The van der Waals surface area contributed by atoms with Gasteiger partial charge in [-0.1, -0.05) is 36.4 Å². The van der Waals surface area contributed by atoms with Crippen LogP contribution in [-0.2, 0) is 13.0 Å². The number of nitrogens with one attached hydrogen (secondary N) is 1. The van der Waals surface area contributed by atoms with Gasteiger partial charge >= 0.3 is 0 Å². The molecule has 1 N–H and O–H groups in total. The first-order valence-electron chi connectivity index (χ1n) is 7.47. The number of hydrogen-bond acceptors (Lipinski definition) is 3. The molecule has 1 heterocycles. The van der Waals surface area contributed by atoms with E-state index in [1.54, 1.807) is 0 Å². The van der Waals surface area contributed by atoms with E-state index in [1.165, 1.54) is 11.1 Å². The Morgan fingerprint density at radius 2 is 1.81 bits per heavy atom. The van der Waals surface area contributed by atoms with Crippen LogP contribution in [0.25, 0.3) is 0 Å². The largest absolute Gasteiger partial charge is 0.454 e. The fourth-order valence-corrected chi connectivity index (χ4v) is 2.47. The summed E-state index contributed by atoms with van der Waals surface area (Å²) in [5.74, 6) is 1.70. The quantitative estimate of drug-likeness (QED) is 0.880. The molecule has 0 radical (unpaired) electrons. The number of fused-ring (bicyclic) bond motifs is 1.